The van der Waals surface area contributed by atoms with Gasteiger partial charge in [0.05, 0.1) is 11.0 Å². The number of hydrogen-bond acceptors (Lipinski definition) is 7. The minimum absolute atomic E-state index is 0.158. The van der Waals surface area contributed by atoms with Crippen LogP contribution in [0.3, 0.4) is 0 Å². The molecule has 0 saturated heterocycles. The van der Waals surface area contributed by atoms with Crippen LogP contribution in [-0.2, 0) is 11.0 Å². The molecule has 23 heavy (non-hydrogen) atoms. The summed E-state index contributed by atoms with van der Waals surface area (Å²) in [5.41, 5.74) is 1.95. The quantitative estimate of drug-likeness (QED) is 0.444. The van der Waals surface area contributed by atoms with Gasteiger partial charge in [0.2, 0.25) is 0 Å². The highest BCUT2D eigenvalue weighted by molar-refractivity contribution is 7.67. The van der Waals surface area contributed by atoms with E-state index in [1.54, 1.807) is 17.8 Å². The molecule has 0 amide bonds. The molecule has 0 aliphatic rings. The van der Waals surface area contributed by atoms with Crippen LogP contribution in [0.15, 0.2) is 60.4 Å². The zero-order chi connectivity index (χ0) is 16.1. The van der Waals surface area contributed by atoms with Crippen LogP contribution >= 0.6 is 11.3 Å². The van der Waals surface area contributed by atoms with Crippen LogP contribution < -0.4 is 4.18 Å². The maximum atomic E-state index is 9.85. The summed E-state index contributed by atoms with van der Waals surface area (Å²) < 4.78 is 23.9. The van der Waals surface area contributed by atoms with Crippen molar-refractivity contribution in [2.75, 3.05) is 0 Å². The highest BCUT2D eigenvalue weighted by Crippen LogP contribution is 2.20. The third-order valence-electron chi connectivity index (χ3n) is 2.91. The molecule has 4 aromatic rings. The minimum Gasteiger partial charge on any atom is -0.353 e. The lowest BCUT2D eigenvalue weighted by atomic mass is 10.1. The normalized spacial score (nSPS) is 10.5. The topological polar surface area (TPSA) is 82.0 Å². The smallest absolute Gasteiger partial charge is 0.301 e. The zero-order valence-electron chi connectivity index (χ0n) is 11.7. The van der Waals surface area contributed by atoms with Gasteiger partial charge in [0, 0.05) is 34.7 Å². The molecule has 0 bridgehead atoms. The van der Waals surface area contributed by atoms with Gasteiger partial charge < -0.3 is 4.18 Å². The summed E-state index contributed by atoms with van der Waals surface area (Å²) >= 11 is 1.13. The van der Waals surface area contributed by atoms with E-state index in [-0.39, 0.29) is 5.19 Å². The van der Waals surface area contributed by atoms with E-state index in [0.717, 1.165) is 33.1 Å². The van der Waals surface area contributed by atoms with E-state index < -0.39 is 11.0 Å². The summed E-state index contributed by atoms with van der Waals surface area (Å²) in [4.78, 5) is 12.3. The van der Waals surface area contributed by atoms with E-state index in [4.69, 9.17) is 0 Å². The largest absolute Gasteiger partial charge is 0.353 e. The van der Waals surface area contributed by atoms with Crippen LogP contribution in [0.1, 0.15) is 0 Å². The van der Waals surface area contributed by atoms with Gasteiger partial charge in [-0.25, -0.2) is 4.98 Å². The number of hydrogen-bond donors (Lipinski definition) is 1. The molecular weight excluding hydrogens is 334 g/mol. The molecule has 6 nitrogen and oxygen atoms in total. The van der Waals surface area contributed by atoms with Gasteiger partial charge in [-0.2, -0.15) is 8.42 Å². The molecule has 1 aromatic carbocycles. The lowest BCUT2D eigenvalue weighted by Crippen LogP contribution is -1.87. The Hall–Kier alpha value is -2.58. The van der Waals surface area contributed by atoms with Crippen LogP contribution in [0.4, 0.5) is 0 Å². The third kappa shape index (κ3) is 3.79. The predicted octanol–water partition coefficient (Wildman–Crippen LogP) is 2.83. The third-order valence-corrected chi connectivity index (χ3v) is 4.00. The van der Waals surface area contributed by atoms with Crippen LogP contribution in [0.2, 0.25) is 0 Å². The molecule has 0 radical (unpaired) electrons. The summed E-state index contributed by atoms with van der Waals surface area (Å²) in [7, 11) is -2.80. The summed E-state index contributed by atoms with van der Waals surface area (Å²) in [5.74, 6) is 0. The molecule has 3 aromatic heterocycles. The Kier molecular flexibility index (Phi) is 4.74. The first kappa shape index (κ1) is 15.3. The van der Waals surface area contributed by atoms with Gasteiger partial charge in [-0.3, -0.25) is 9.97 Å². The number of pyridine rings is 2. The summed E-state index contributed by atoms with van der Waals surface area (Å²) in [6, 6.07) is 12.1. The highest BCUT2D eigenvalue weighted by atomic mass is 32.2. The predicted molar refractivity (Wildman–Crippen MR) is 90.1 cm³/mol. The number of thiazole rings is 1. The van der Waals surface area contributed by atoms with Crippen molar-refractivity contribution in [3.63, 3.8) is 0 Å². The van der Waals surface area contributed by atoms with Crippen molar-refractivity contribution in [3.05, 3.63) is 60.4 Å². The molecule has 0 atom stereocenters. The average Bonchev–Trinajstić information content (AvgIpc) is 3.07. The Morgan fingerprint density at radius 2 is 1.43 bits per heavy atom. The fourth-order valence-electron chi connectivity index (χ4n) is 2.00. The maximum absolute atomic E-state index is 9.85. The molecule has 0 saturated carbocycles. The average molecular weight is 345 g/mol. The van der Waals surface area contributed by atoms with Crippen molar-refractivity contribution >= 4 is 44.1 Å². The Morgan fingerprint density at radius 1 is 0.826 bits per heavy atom. The Labute approximate surface area is 137 Å². The second-order valence-corrected chi connectivity index (χ2v) is 5.82. The molecule has 8 heteroatoms. The molecule has 4 rings (SSSR count). The first-order valence-corrected chi connectivity index (χ1v) is 8.52. The van der Waals surface area contributed by atoms with Crippen LogP contribution in [0.5, 0.6) is 5.19 Å². The molecule has 0 N–H and O–H groups in total. The van der Waals surface area contributed by atoms with E-state index in [0.29, 0.717) is 0 Å². The number of nitrogens with zero attached hydrogens (tertiary/aromatic N) is 3. The number of aromatic nitrogens is 3. The van der Waals surface area contributed by atoms with Crippen LogP contribution in [0.25, 0.3) is 21.8 Å². The molecule has 0 unspecified atom stereocenters. The van der Waals surface area contributed by atoms with E-state index in [2.05, 4.69) is 43.4 Å². The molecular formula is C15H11N3O3S2. The number of benzene rings is 1. The first-order valence-electron chi connectivity index (χ1n) is 6.54. The van der Waals surface area contributed by atoms with Crippen LogP contribution in [0, 0.1) is 0 Å². The van der Waals surface area contributed by atoms with E-state index in [9.17, 15) is 8.42 Å². The van der Waals surface area contributed by atoms with Crippen molar-refractivity contribution in [1.29, 1.82) is 0 Å². The first-order chi connectivity index (χ1) is 11.2. The van der Waals surface area contributed by atoms with Gasteiger partial charge >= 0.3 is 11.0 Å². The Bertz CT molecular complexity index is 938. The lowest BCUT2D eigenvalue weighted by molar-refractivity contribution is 0.508. The number of thiol groups is 1. The molecule has 116 valence electrons. The van der Waals surface area contributed by atoms with E-state index in [1.807, 2.05) is 12.1 Å². The van der Waals surface area contributed by atoms with Gasteiger partial charge in [-0.05, 0) is 12.1 Å². The van der Waals surface area contributed by atoms with Gasteiger partial charge in [-0.1, -0.05) is 35.6 Å². The fourth-order valence-corrected chi connectivity index (χ4v) is 2.89. The molecule has 3 heterocycles. The second-order valence-electron chi connectivity index (χ2n) is 4.33. The van der Waals surface area contributed by atoms with E-state index >= 15 is 0 Å². The summed E-state index contributed by atoms with van der Waals surface area (Å²) in [6.07, 6.45) is 5.08. The van der Waals surface area contributed by atoms with Crippen LogP contribution in [-0.4, -0.2) is 23.4 Å². The lowest BCUT2D eigenvalue weighted by Gasteiger charge is -2.00. The molecule has 0 aliphatic heterocycles. The summed E-state index contributed by atoms with van der Waals surface area (Å²) in [6.45, 7) is 0. The fraction of sp³-hybridized carbons (Fsp3) is 0. The maximum Gasteiger partial charge on any atom is 0.301 e. The van der Waals surface area contributed by atoms with Gasteiger partial charge in [0.15, 0.2) is 0 Å². The van der Waals surface area contributed by atoms with Crippen molar-refractivity contribution < 1.29 is 12.6 Å². The van der Waals surface area contributed by atoms with Crippen molar-refractivity contribution in [3.8, 4) is 5.19 Å². The Balaban J connectivity index is 0.000000151. The summed E-state index contributed by atoms with van der Waals surface area (Å²) in [5, 5.41) is 4.07. The molecule has 0 spiro atoms. The Morgan fingerprint density at radius 3 is 1.91 bits per heavy atom. The van der Waals surface area contributed by atoms with Gasteiger partial charge in [0.25, 0.3) is 5.19 Å². The number of rotatable bonds is 2. The van der Waals surface area contributed by atoms with Gasteiger partial charge in [0.1, 0.15) is 0 Å². The second kappa shape index (κ2) is 7.12. The van der Waals surface area contributed by atoms with E-state index in [1.165, 1.54) is 6.20 Å². The SMILES string of the molecule is O=[SH](=O)Oc1nccs1.c1cnc2c(c1)ccc1cccnc12. The monoisotopic (exact) mass is 345 g/mol. The zero-order valence-corrected chi connectivity index (χ0v) is 13.4. The van der Waals surface area contributed by atoms with Crippen molar-refractivity contribution in [2.45, 2.75) is 0 Å². The minimum atomic E-state index is -2.80. The van der Waals surface area contributed by atoms with Crippen molar-refractivity contribution in [2.24, 2.45) is 0 Å². The van der Waals surface area contributed by atoms with Crippen molar-refractivity contribution in [1.82, 2.24) is 15.0 Å². The standard InChI is InChI=1S/C12H8N2.C3H3NO3S2/c1-3-9-5-6-10-4-2-8-14-12(10)11(9)13-7-1;5-9(6)7-3-4-1-2-8-3/h1-8H;1-2,9H. The highest BCUT2D eigenvalue weighted by Gasteiger charge is 2.00. The number of fused-ring (bicyclic) bond motifs is 3. The van der Waals surface area contributed by atoms with Gasteiger partial charge in [-0.15, -0.1) is 0 Å². The molecule has 0 fully saturated rings. The molecule has 0 aliphatic carbocycles.